The van der Waals surface area contributed by atoms with Gasteiger partial charge in [0.2, 0.25) is 16.0 Å². The lowest BCUT2D eigenvalue weighted by Gasteiger charge is -2.43. The number of hydrogen-bond acceptors (Lipinski definition) is 11. The van der Waals surface area contributed by atoms with Gasteiger partial charge in [-0.15, -0.1) is 0 Å². The van der Waals surface area contributed by atoms with E-state index in [-0.39, 0.29) is 27.4 Å². The zero-order valence-corrected chi connectivity index (χ0v) is 29.1. The SMILES string of the molecule is COc1cc(N2CCC(N3CCN(C)CC3)CC2)c(C)cc1Nc1ncc(Cl)c(N(C)S(=O)(=O)c2ccccc2NS(C)(=O)=O)n1. The van der Waals surface area contributed by atoms with Crippen LogP contribution in [-0.4, -0.2) is 109 Å². The molecule has 0 atom stereocenters. The van der Waals surface area contributed by atoms with E-state index in [1.54, 1.807) is 7.11 Å². The number of piperazine rings is 1. The molecule has 2 saturated heterocycles. The average Bonchev–Trinajstić information content (AvgIpc) is 3.02. The van der Waals surface area contributed by atoms with Crippen LogP contribution in [0.1, 0.15) is 18.4 Å². The summed E-state index contributed by atoms with van der Waals surface area (Å²) in [6, 6.07) is 10.3. The molecule has 0 bridgehead atoms. The number of nitrogens with one attached hydrogen (secondary N) is 2. The number of halogens is 1. The molecule has 13 nitrogen and oxygen atoms in total. The Morgan fingerprint density at radius 2 is 1.67 bits per heavy atom. The second-order valence-electron chi connectivity index (χ2n) is 11.7. The molecule has 0 aliphatic carbocycles. The van der Waals surface area contributed by atoms with Crippen LogP contribution in [0, 0.1) is 6.92 Å². The number of likely N-dealkylation sites (N-methyl/N-ethyl adjacent to an activating group) is 1. The van der Waals surface area contributed by atoms with Gasteiger partial charge in [-0.25, -0.2) is 21.8 Å². The number of anilines is 5. The molecule has 3 aromatic rings. The van der Waals surface area contributed by atoms with Crippen LogP contribution in [-0.2, 0) is 20.0 Å². The Bertz CT molecular complexity index is 1780. The van der Waals surface area contributed by atoms with Gasteiger partial charge in [-0.2, -0.15) is 4.98 Å². The van der Waals surface area contributed by atoms with Gasteiger partial charge < -0.3 is 19.9 Å². The lowest BCUT2D eigenvalue weighted by Crippen LogP contribution is -2.52. The minimum atomic E-state index is -4.29. The van der Waals surface area contributed by atoms with Crippen LogP contribution < -0.4 is 24.0 Å². The predicted molar refractivity (Wildman–Crippen MR) is 183 cm³/mol. The summed E-state index contributed by atoms with van der Waals surface area (Å²) >= 11 is 6.38. The van der Waals surface area contributed by atoms with Crippen LogP contribution in [0.15, 0.2) is 47.5 Å². The number of methoxy groups -OCH3 is 1. The monoisotopic (exact) mass is 692 g/mol. The van der Waals surface area contributed by atoms with Crippen molar-refractivity contribution in [1.82, 2.24) is 19.8 Å². The molecule has 0 spiro atoms. The minimum absolute atomic E-state index is 0.0105. The van der Waals surface area contributed by atoms with E-state index < -0.39 is 20.0 Å². The van der Waals surface area contributed by atoms with E-state index in [0.29, 0.717) is 17.5 Å². The van der Waals surface area contributed by atoms with Crippen LogP contribution >= 0.6 is 11.6 Å². The molecular formula is C30H41ClN8O5S2. The molecule has 0 unspecified atom stereocenters. The van der Waals surface area contributed by atoms with Gasteiger partial charge in [-0.3, -0.25) is 13.9 Å². The molecule has 2 fully saturated rings. The number of benzene rings is 2. The molecule has 0 radical (unpaired) electrons. The summed E-state index contributed by atoms with van der Waals surface area (Å²) in [5, 5.41) is 3.15. The third kappa shape index (κ3) is 7.60. The Morgan fingerprint density at radius 3 is 2.33 bits per heavy atom. The summed E-state index contributed by atoms with van der Waals surface area (Å²) in [6.07, 6.45) is 4.46. The van der Waals surface area contributed by atoms with E-state index in [1.165, 1.54) is 37.5 Å². The van der Waals surface area contributed by atoms with Crippen LogP contribution in [0.3, 0.4) is 0 Å². The first-order valence-electron chi connectivity index (χ1n) is 15.0. The maximum atomic E-state index is 13.6. The van der Waals surface area contributed by atoms with Crippen molar-refractivity contribution in [1.29, 1.82) is 0 Å². The molecule has 2 N–H and O–H groups in total. The van der Waals surface area contributed by atoms with E-state index >= 15 is 0 Å². The highest BCUT2D eigenvalue weighted by molar-refractivity contribution is 7.93. The van der Waals surface area contributed by atoms with Crippen molar-refractivity contribution in [2.24, 2.45) is 0 Å². The number of sulfonamides is 2. The van der Waals surface area contributed by atoms with E-state index in [9.17, 15) is 16.8 Å². The number of aryl methyl sites for hydroxylation is 1. The highest BCUT2D eigenvalue weighted by Gasteiger charge is 2.30. The molecule has 0 amide bonds. The standard InChI is InChI=1S/C30H41ClN8O5S2/c1-21-18-25(27(44-4)19-26(21)39-12-10-22(11-13-39)38-16-14-36(2)15-17-38)33-30-32-20-23(31)29(34-30)37(3)46(42,43)28-9-7-6-8-24(28)35-45(5,40)41/h6-9,18-20,22,35H,10-17H2,1-5H3,(H,32,33,34). The number of para-hydroxylation sites is 1. The Labute approximate surface area is 276 Å². The van der Waals surface area contributed by atoms with Crippen LogP contribution in [0.2, 0.25) is 5.02 Å². The van der Waals surface area contributed by atoms with E-state index in [2.05, 4.69) is 41.8 Å². The molecule has 16 heteroatoms. The molecule has 250 valence electrons. The Hall–Kier alpha value is -3.37. The molecule has 2 aromatic carbocycles. The minimum Gasteiger partial charge on any atom is -0.494 e. The largest absolute Gasteiger partial charge is 0.494 e. The average molecular weight is 693 g/mol. The van der Waals surface area contributed by atoms with Gasteiger partial charge in [0.25, 0.3) is 10.0 Å². The fourth-order valence-electron chi connectivity index (χ4n) is 5.94. The van der Waals surface area contributed by atoms with Gasteiger partial charge >= 0.3 is 0 Å². The number of nitrogens with zero attached hydrogens (tertiary/aromatic N) is 6. The summed E-state index contributed by atoms with van der Waals surface area (Å²) in [5.74, 6) is 0.593. The third-order valence-corrected chi connectivity index (χ3v) is 11.1. The molecule has 3 heterocycles. The summed E-state index contributed by atoms with van der Waals surface area (Å²) < 4.78 is 59.9. The fourth-order valence-corrected chi connectivity index (χ4v) is 8.16. The normalized spacial score (nSPS) is 17.1. The van der Waals surface area contributed by atoms with Crippen LogP contribution in [0.5, 0.6) is 5.75 Å². The van der Waals surface area contributed by atoms with Crippen LogP contribution in [0.4, 0.5) is 28.8 Å². The van der Waals surface area contributed by atoms with Gasteiger partial charge in [0.1, 0.15) is 15.7 Å². The van der Waals surface area contributed by atoms with Crippen molar-refractivity contribution >= 4 is 60.5 Å². The van der Waals surface area contributed by atoms with Crippen molar-refractivity contribution in [3.63, 3.8) is 0 Å². The summed E-state index contributed by atoms with van der Waals surface area (Å²) in [6.45, 7) is 8.45. The van der Waals surface area contributed by atoms with Gasteiger partial charge in [0.05, 0.1) is 30.9 Å². The van der Waals surface area contributed by atoms with Crippen molar-refractivity contribution in [2.75, 3.05) is 86.0 Å². The lowest BCUT2D eigenvalue weighted by molar-refractivity contribution is 0.0982. The Kier molecular flexibility index (Phi) is 10.2. The lowest BCUT2D eigenvalue weighted by atomic mass is 10.0. The molecular weight excluding hydrogens is 652 g/mol. The van der Waals surface area contributed by atoms with Crippen molar-refractivity contribution in [3.8, 4) is 5.75 Å². The third-order valence-electron chi connectivity index (χ3n) is 8.47. The van der Waals surface area contributed by atoms with Gasteiger partial charge in [0, 0.05) is 64.1 Å². The summed E-state index contributed by atoms with van der Waals surface area (Å²) in [4.78, 5) is 15.9. The number of aromatic nitrogens is 2. The van der Waals surface area contributed by atoms with Gasteiger partial charge in [-0.1, -0.05) is 23.7 Å². The van der Waals surface area contributed by atoms with Crippen molar-refractivity contribution < 1.29 is 21.6 Å². The van der Waals surface area contributed by atoms with Crippen LogP contribution in [0.25, 0.3) is 0 Å². The number of piperidine rings is 1. The van der Waals surface area contributed by atoms with Crippen molar-refractivity contribution in [3.05, 3.63) is 53.2 Å². The predicted octanol–water partition coefficient (Wildman–Crippen LogP) is 3.60. The molecule has 2 aliphatic heterocycles. The number of hydrogen-bond donors (Lipinski definition) is 2. The van der Waals surface area contributed by atoms with E-state index in [1.807, 2.05) is 19.1 Å². The Morgan fingerprint density at radius 1 is 1.00 bits per heavy atom. The smallest absolute Gasteiger partial charge is 0.267 e. The van der Waals surface area contributed by atoms with E-state index in [0.717, 1.165) is 73.9 Å². The van der Waals surface area contributed by atoms with E-state index in [4.69, 9.17) is 16.3 Å². The maximum absolute atomic E-state index is 13.6. The molecule has 0 saturated carbocycles. The molecule has 1 aromatic heterocycles. The summed E-state index contributed by atoms with van der Waals surface area (Å²) in [5.41, 5.74) is 2.66. The first kappa shape index (κ1) is 34.0. The fraction of sp³-hybridized carbons (Fsp3) is 0.467. The number of rotatable bonds is 10. The first-order valence-corrected chi connectivity index (χ1v) is 18.7. The Balaban J connectivity index is 1.34. The molecule has 5 rings (SSSR count). The number of ether oxygens (including phenoxy) is 1. The zero-order chi connectivity index (χ0) is 33.2. The first-order chi connectivity index (χ1) is 21.8. The summed E-state index contributed by atoms with van der Waals surface area (Å²) in [7, 11) is -2.97. The van der Waals surface area contributed by atoms with Gasteiger partial charge in [0.15, 0.2) is 5.82 Å². The van der Waals surface area contributed by atoms with Crippen molar-refractivity contribution in [2.45, 2.75) is 30.7 Å². The molecule has 46 heavy (non-hydrogen) atoms. The zero-order valence-electron chi connectivity index (χ0n) is 26.7. The second-order valence-corrected chi connectivity index (χ2v) is 15.8. The maximum Gasteiger partial charge on any atom is 0.267 e. The molecule has 2 aliphatic rings. The highest BCUT2D eigenvalue weighted by Crippen LogP contribution is 2.37. The quantitative estimate of drug-likeness (QED) is 0.322. The van der Waals surface area contributed by atoms with Gasteiger partial charge in [-0.05, 0) is 50.6 Å². The highest BCUT2D eigenvalue weighted by atomic mass is 35.5. The second kappa shape index (κ2) is 13.8. The topological polar surface area (TPSA) is 140 Å².